The monoisotopic (exact) mass is 384 g/mol. The van der Waals surface area contributed by atoms with Crippen LogP contribution >= 0.6 is 0 Å². The minimum absolute atomic E-state index is 0.0378. The first kappa shape index (κ1) is 19.1. The third kappa shape index (κ3) is 3.86. The number of benzene rings is 1. The van der Waals surface area contributed by atoms with Crippen LogP contribution in [0.1, 0.15) is 32.1 Å². The number of piperidine rings is 2. The lowest BCUT2D eigenvalue weighted by Gasteiger charge is -2.35. The first-order valence-electron chi connectivity index (χ1n) is 9.06. The van der Waals surface area contributed by atoms with Crippen LogP contribution < -0.4 is 4.74 Å². The number of amides is 1. The molecule has 0 aromatic heterocycles. The number of hydrogen-bond donors (Lipinski definition) is 0. The molecular weight excluding hydrogens is 359 g/mol. The Morgan fingerprint density at radius 1 is 1.15 bits per heavy atom. The average molecular weight is 384 g/mol. The fourth-order valence-corrected chi connectivity index (χ4v) is 5.42. The molecule has 1 aromatic rings. The molecule has 3 rings (SSSR count). The van der Waals surface area contributed by atoms with Crippen molar-refractivity contribution in [1.29, 1.82) is 0 Å². The Balaban J connectivity index is 1.80. The molecule has 1 amide bonds. The maximum absolute atomic E-state index is 13.6. The normalized spacial score (nSPS) is 22.2. The molecule has 2 heterocycles. The largest absolute Gasteiger partial charge is 0.495 e. The van der Waals surface area contributed by atoms with Gasteiger partial charge >= 0.3 is 0 Å². The summed E-state index contributed by atoms with van der Waals surface area (Å²) in [5.41, 5.74) is 0. The van der Waals surface area contributed by atoms with Crippen LogP contribution in [0.2, 0.25) is 0 Å². The van der Waals surface area contributed by atoms with Crippen molar-refractivity contribution in [2.75, 3.05) is 33.3 Å². The second-order valence-electron chi connectivity index (χ2n) is 6.88. The molecule has 0 spiro atoms. The molecule has 6 nitrogen and oxygen atoms in total. The molecule has 2 aliphatic rings. The van der Waals surface area contributed by atoms with E-state index in [1.54, 1.807) is 0 Å². The summed E-state index contributed by atoms with van der Waals surface area (Å²) in [4.78, 5) is 14.4. The third-order valence-electron chi connectivity index (χ3n) is 5.14. The second-order valence-corrected chi connectivity index (χ2v) is 8.79. The van der Waals surface area contributed by atoms with E-state index in [1.165, 1.54) is 17.5 Å². The van der Waals surface area contributed by atoms with Gasteiger partial charge in [-0.05, 0) is 50.3 Å². The van der Waals surface area contributed by atoms with Crippen LogP contribution in [0, 0.1) is 11.7 Å². The van der Waals surface area contributed by atoms with Gasteiger partial charge in [0, 0.05) is 26.2 Å². The molecule has 0 saturated carbocycles. The van der Waals surface area contributed by atoms with Crippen molar-refractivity contribution >= 4 is 15.9 Å². The van der Waals surface area contributed by atoms with Crippen molar-refractivity contribution in [2.45, 2.75) is 37.0 Å². The summed E-state index contributed by atoms with van der Waals surface area (Å²) in [5, 5.41) is 0. The van der Waals surface area contributed by atoms with Gasteiger partial charge in [0.05, 0.1) is 13.0 Å². The lowest BCUT2D eigenvalue weighted by Crippen LogP contribution is -2.47. The van der Waals surface area contributed by atoms with Gasteiger partial charge in [0.2, 0.25) is 15.9 Å². The van der Waals surface area contributed by atoms with E-state index in [1.807, 2.05) is 4.90 Å². The first-order chi connectivity index (χ1) is 12.4. The fraction of sp³-hybridized carbons (Fsp3) is 0.611. The molecule has 0 bridgehead atoms. The van der Waals surface area contributed by atoms with Crippen molar-refractivity contribution < 1.29 is 22.3 Å². The number of sulfonamides is 1. The molecule has 144 valence electrons. The van der Waals surface area contributed by atoms with E-state index >= 15 is 0 Å². The van der Waals surface area contributed by atoms with Crippen molar-refractivity contribution in [3.8, 4) is 5.75 Å². The Bertz CT molecular complexity index is 762. The molecule has 1 atom stereocenters. The summed E-state index contributed by atoms with van der Waals surface area (Å²) in [6, 6.07) is 3.45. The summed E-state index contributed by atoms with van der Waals surface area (Å²) in [5.74, 6) is -0.829. The summed E-state index contributed by atoms with van der Waals surface area (Å²) in [6.45, 7) is 1.96. The molecule has 26 heavy (non-hydrogen) atoms. The van der Waals surface area contributed by atoms with Gasteiger partial charge in [0.15, 0.2) is 0 Å². The van der Waals surface area contributed by atoms with Gasteiger partial charge in [0.25, 0.3) is 0 Å². The number of carbonyl (C=O) groups excluding carboxylic acids is 1. The molecule has 1 unspecified atom stereocenters. The SMILES string of the molecule is COc1ccc(F)cc1S(=O)(=O)N1CCCC(C(=O)N2CCCCC2)C1. The molecule has 0 radical (unpaired) electrons. The number of carbonyl (C=O) groups is 1. The van der Waals surface area contributed by atoms with Crippen molar-refractivity contribution in [3.05, 3.63) is 24.0 Å². The summed E-state index contributed by atoms with van der Waals surface area (Å²) in [7, 11) is -2.57. The van der Waals surface area contributed by atoms with E-state index in [2.05, 4.69) is 0 Å². The molecular formula is C18H25FN2O4S. The maximum Gasteiger partial charge on any atom is 0.246 e. The first-order valence-corrected chi connectivity index (χ1v) is 10.5. The highest BCUT2D eigenvalue weighted by Crippen LogP contribution is 2.31. The van der Waals surface area contributed by atoms with Crippen LogP contribution in [-0.4, -0.2) is 56.8 Å². The van der Waals surface area contributed by atoms with Crippen molar-refractivity contribution in [2.24, 2.45) is 5.92 Å². The average Bonchev–Trinajstić information content (AvgIpc) is 2.68. The highest BCUT2D eigenvalue weighted by Gasteiger charge is 2.36. The van der Waals surface area contributed by atoms with Gasteiger partial charge in [-0.15, -0.1) is 0 Å². The van der Waals surface area contributed by atoms with E-state index in [9.17, 15) is 17.6 Å². The molecule has 2 saturated heterocycles. The van der Waals surface area contributed by atoms with Crippen LogP contribution in [0.3, 0.4) is 0 Å². The van der Waals surface area contributed by atoms with E-state index in [0.717, 1.165) is 44.5 Å². The fourth-order valence-electron chi connectivity index (χ4n) is 3.73. The standard InChI is InChI=1S/C18H25FN2O4S/c1-25-16-8-7-15(19)12-17(16)26(23,24)21-11-5-6-14(13-21)18(22)20-9-3-2-4-10-20/h7-8,12,14H,2-6,9-11,13H2,1H3. The zero-order valence-corrected chi connectivity index (χ0v) is 15.8. The smallest absolute Gasteiger partial charge is 0.246 e. The van der Waals surface area contributed by atoms with Crippen LogP contribution in [0.25, 0.3) is 0 Å². The lowest BCUT2D eigenvalue weighted by molar-refractivity contribution is -0.137. The van der Waals surface area contributed by atoms with Gasteiger partial charge in [-0.3, -0.25) is 4.79 Å². The number of likely N-dealkylation sites (tertiary alicyclic amines) is 1. The Kier molecular flexibility index (Phi) is 5.82. The number of halogens is 1. The van der Waals surface area contributed by atoms with Gasteiger partial charge < -0.3 is 9.64 Å². The zero-order chi connectivity index (χ0) is 18.7. The summed E-state index contributed by atoms with van der Waals surface area (Å²) < 4.78 is 46.1. The number of rotatable bonds is 4. The minimum atomic E-state index is -3.93. The lowest BCUT2D eigenvalue weighted by atomic mass is 9.97. The number of nitrogens with zero attached hydrogens (tertiary/aromatic N) is 2. The Hall–Kier alpha value is -1.67. The van der Waals surface area contributed by atoms with Gasteiger partial charge in [-0.1, -0.05) is 0 Å². The molecule has 2 fully saturated rings. The Morgan fingerprint density at radius 2 is 1.88 bits per heavy atom. The number of hydrogen-bond acceptors (Lipinski definition) is 4. The predicted octanol–water partition coefficient (Wildman–Crippen LogP) is 2.25. The summed E-state index contributed by atoms with van der Waals surface area (Å²) >= 11 is 0. The van der Waals surface area contributed by atoms with Gasteiger partial charge in [-0.2, -0.15) is 4.31 Å². The van der Waals surface area contributed by atoms with Crippen LogP contribution in [0.4, 0.5) is 4.39 Å². The quantitative estimate of drug-likeness (QED) is 0.799. The van der Waals surface area contributed by atoms with Crippen molar-refractivity contribution in [3.63, 3.8) is 0 Å². The van der Waals surface area contributed by atoms with Gasteiger partial charge in [0.1, 0.15) is 16.5 Å². The molecule has 2 aliphatic heterocycles. The molecule has 8 heteroatoms. The van der Waals surface area contributed by atoms with Crippen molar-refractivity contribution in [1.82, 2.24) is 9.21 Å². The Morgan fingerprint density at radius 3 is 2.58 bits per heavy atom. The zero-order valence-electron chi connectivity index (χ0n) is 15.0. The second kappa shape index (κ2) is 7.92. The highest BCUT2D eigenvalue weighted by atomic mass is 32.2. The maximum atomic E-state index is 13.6. The molecule has 0 N–H and O–H groups in total. The van der Waals surface area contributed by atoms with Crippen LogP contribution in [0.5, 0.6) is 5.75 Å². The van der Waals surface area contributed by atoms with E-state index in [0.29, 0.717) is 19.4 Å². The molecule has 0 aliphatic carbocycles. The van der Waals surface area contributed by atoms with Gasteiger partial charge in [-0.25, -0.2) is 12.8 Å². The van der Waals surface area contributed by atoms with Crippen LogP contribution in [0.15, 0.2) is 23.1 Å². The predicted molar refractivity (Wildman–Crippen MR) is 94.9 cm³/mol. The summed E-state index contributed by atoms with van der Waals surface area (Å²) in [6.07, 6.45) is 4.43. The van der Waals surface area contributed by atoms with E-state index < -0.39 is 15.8 Å². The highest BCUT2D eigenvalue weighted by molar-refractivity contribution is 7.89. The topological polar surface area (TPSA) is 66.9 Å². The van der Waals surface area contributed by atoms with E-state index in [4.69, 9.17) is 4.74 Å². The van der Waals surface area contributed by atoms with Crippen LogP contribution in [-0.2, 0) is 14.8 Å². The third-order valence-corrected chi connectivity index (χ3v) is 7.03. The molecule has 1 aromatic carbocycles. The minimum Gasteiger partial charge on any atom is -0.495 e. The van der Waals surface area contributed by atoms with E-state index in [-0.39, 0.29) is 29.0 Å². The number of methoxy groups -OCH3 is 1. The number of ether oxygens (including phenoxy) is 1. The Labute approximate surface area is 154 Å².